The number of piperidine rings is 1. The minimum Gasteiger partial charge on any atom is -0.317 e. The maximum absolute atomic E-state index is 13.0. The monoisotopic (exact) mass is 422 g/mol. The second kappa shape index (κ2) is 7.48. The molecule has 126 valence electrons. The number of hydrogen-bond donors (Lipinski definition) is 2. The SMILES string of the molecule is Cl.O=S(=O)(NC1CCNCC1)c1ccc(Br)cc1C(F)(F)F. The summed E-state index contributed by atoms with van der Waals surface area (Å²) in [5.41, 5.74) is -1.17. The molecule has 1 aliphatic heterocycles. The van der Waals surface area contributed by atoms with Gasteiger partial charge in [0.15, 0.2) is 0 Å². The van der Waals surface area contributed by atoms with Crippen LogP contribution >= 0.6 is 28.3 Å². The van der Waals surface area contributed by atoms with Gasteiger partial charge in [-0.25, -0.2) is 13.1 Å². The van der Waals surface area contributed by atoms with Gasteiger partial charge in [-0.3, -0.25) is 0 Å². The van der Waals surface area contributed by atoms with Crippen molar-refractivity contribution in [1.29, 1.82) is 0 Å². The van der Waals surface area contributed by atoms with E-state index in [1.807, 2.05) is 0 Å². The molecule has 22 heavy (non-hydrogen) atoms. The molecule has 1 heterocycles. The molecule has 0 spiro atoms. The molecular weight excluding hydrogens is 409 g/mol. The maximum Gasteiger partial charge on any atom is 0.417 e. The Hall–Kier alpha value is -0.350. The lowest BCUT2D eigenvalue weighted by molar-refractivity contribution is -0.139. The van der Waals surface area contributed by atoms with Crippen molar-refractivity contribution in [2.24, 2.45) is 0 Å². The molecule has 0 aliphatic carbocycles. The molecule has 0 atom stereocenters. The molecule has 0 saturated carbocycles. The van der Waals surface area contributed by atoms with Crippen LogP contribution in [0.4, 0.5) is 13.2 Å². The zero-order chi connectivity index (χ0) is 15.7. The van der Waals surface area contributed by atoms with E-state index in [-0.39, 0.29) is 22.9 Å². The van der Waals surface area contributed by atoms with E-state index in [2.05, 4.69) is 26.0 Å². The average Bonchev–Trinajstić information content (AvgIpc) is 2.38. The molecule has 10 heteroatoms. The van der Waals surface area contributed by atoms with E-state index in [0.29, 0.717) is 25.9 Å². The third-order valence-electron chi connectivity index (χ3n) is 3.20. The molecule has 0 amide bonds. The highest BCUT2D eigenvalue weighted by Gasteiger charge is 2.38. The smallest absolute Gasteiger partial charge is 0.317 e. The van der Waals surface area contributed by atoms with E-state index in [9.17, 15) is 21.6 Å². The molecule has 1 aromatic carbocycles. The van der Waals surface area contributed by atoms with Gasteiger partial charge in [0.2, 0.25) is 10.0 Å². The molecule has 0 bridgehead atoms. The van der Waals surface area contributed by atoms with Crippen LogP contribution in [-0.2, 0) is 16.2 Å². The first-order valence-electron chi connectivity index (χ1n) is 6.30. The van der Waals surface area contributed by atoms with Crippen molar-refractivity contribution in [3.05, 3.63) is 28.2 Å². The molecule has 1 aromatic rings. The number of halogens is 5. The van der Waals surface area contributed by atoms with E-state index < -0.39 is 26.7 Å². The third kappa shape index (κ3) is 4.82. The average molecular weight is 424 g/mol. The maximum atomic E-state index is 13.0. The van der Waals surface area contributed by atoms with Crippen LogP contribution in [0, 0.1) is 0 Å². The fourth-order valence-corrected chi connectivity index (χ4v) is 4.05. The fourth-order valence-electron chi connectivity index (χ4n) is 2.18. The van der Waals surface area contributed by atoms with Gasteiger partial charge in [-0.2, -0.15) is 13.2 Å². The largest absolute Gasteiger partial charge is 0.417 e. The minimum atomic E-state index is -4.73. The second-order valence-corrected chi connectivity index (χ2v) is 7.38. The summed E-state index contributed by atoms with van der Waals surface area (Å²) in [6, 6.07) is 2.68. The van der Waals surface area contributed by atoms with Gasteiger partial charge in [0.05, 0.1) is 10.5 Å². The van der Waals surface area contributed by atoms with Crippen molar-refractivity contribution in [1.82, 2.24) is 10.0 Å². The third-order valence-corrected chi connectivity index (χ3v) is 5.27. The van der Waals surface area contributed by atoms with Gasteiger partial charge in [0.25, 0.3) is 0 Å². The van der Waals surface area contributed by atoms with Crippen LogP contribution in [0.1, 0.15) is 18.4 Å². The summed E-state index contributed by atoms with van der Waals surface area (Å²) in [7, 11) is -4.21. The van der Waals surface area contributed by atoms with Crippen molar-refractivity contribution < 1.29 is 21.6 Å². The lowest BCUT2D eigenvalue weighted by Gasteiger charge is -2.24. The summed E-state index contributed by atoms with van der Waals surface area (Å²) in [5.74, 6) is 0. The Labute approximate surface area is 141 Å². The zero-order valence-electron chi connectivity index (χ0n) is 11.3. The first kappa shape index (κ1) is 19.7. The lowest BCUT2D eigenvalue weighted by atomic mass is 10.1. The number of nitrogens with one attached hydrogen (secondary N) is 2. The second-order valence-electron chi connectivity index (χ2n) is 4.78. The summed E-state index contributed by atoms with van der Waals surface area (Å²) in [6.07, 6.45) is -3.63. The molecule has 1 saturated heterocycles. The summed E-state index contributed by atoms with van der Waals surface area (Å²) >= 11 is 2.93. The Balaban J connectivity index is 0.00000242. The van der Waals surface area contributed by atoms with E-state index in [0.717, 1.165) is 12.1 Å². The summed E-state index contributed by atoms with van der Waals surface area (Å²) in [5, 5.41) is 3.06. The Morgan fingerprint density at radius 2 is 1.82 bits per heavy atom. The van der Waals surface area contributed by atoms with Crippen LogP contribution in [0.2, 0.25) is 0 Å². The number of alkyl halides is 3. The standard InChI is InChI=1S/C12H14BrF3N2O2S.ClH/c13-8-1-2-11(10(7-8)12(14,15)16)21(19,20)18-9-3-5-17-6-4-9;/h1-2,7,9,17-18H,3-6H2;1H. The Morgan fingerprint density at radius 1 is 1.23 bits per heavy atom. The molecule has 0 radical (unpaired) electrons. The Morgan fingerprint density at radius 3 is 2.36 bits per heavy atom. The number of sulfonamides is 1. The highest BCUT2D eigenvalue weighted by Crippen LogP contribution is 2.36. The normalized spacial score (nSPS) is 17.1. The van der Waals surface area contributed by atoms with Gasteiger partial charge in [-0.15, -0.1) is 12.4 Å². The van der Waals surface area contributed by atoms with E-state index >= 15 is 0 Å². The van der Waals surface area contributed by atoms with Crippen LogP contribution in [0.3, 0.4) is 0 Å². The van der Waals surface area contributed by atoms with Crippen molar-refractivity contribution in [3.63, 3.8) is 0 Å². The van der Waals surface area contributed by atoms with Gasteiger partial charge in [0, 0.05) is 10.5 Å². The molecular formula is C12H15BrClF3N2O2S. The molecule has 0 aromatic heterocycles. The first-order valence-corrected chi connectivity index (χ1v) is 8.57. The number of benzene rings is 1. The van der Waals surface area contributed by atoms with Crippen LogP contribution in [0.5, 0.6) is 0 Å². The van der Waals surface area contributed by atoms with Crippen molar-refractivity contribution in [2.75, 3.05) is 13.1 Å². The van der Waals surface area contributed by atoms with Crippen LogP contribution in [-0.4, -0.2) is 27.5 Å². The van der Waals surface area contributed by atoms with Gasteiger partial charge in [-0.1, -0.05) is 15.9 Å². The van der Waals surface area contributed by atoms with Gasteiger partial charge in [-0.05, 0) is 44.1 Å². The van der Waals surface area contributed by atoms with Gasteiger partial charge < -0.3 is 5.32 Å². The van der Waals surface area contributed by atoms with Crippen LogP contribution in [0.25, 0.3) is 0 Å². The summed E-state index contributed by atoms with van der Waals surface area (Å²) in [6.45, 7) is 1.28. The van der Waals surface area contributed by atoms with E-state index in [1.165, 1.54) is 6.07 Å². The molecule has 4 nitrogen and oxygen atoms in total. The quantitative estimate of drug-likeness (QED) is 0.786. The molecule has 2 rings (SSSR count). The summed E-state index contributed by atoms with van der Waals surface area (Å²) in [4.78, 5) is -0.739. The van der Waals surface area contributed by atoms with Gasteiger partial charge in [0.1, 0.15) is 0 Å². The van der Waals surface area contributed by atoms with Crippen LogP contribution < -0.4 is 10.0 Å². The van der Waals surface area contributed by atoms with Crippen molar-refractivity contribution in [3.8, 4) is 0 Å². The molecule has 1 fully saturated rings. The Bertz CT molecular complexity index is 619. The van der Waals surface area contributed by atoms with Crippen LogP contribution in [0.15, 0.2) is 27.6 Å². The topological polar surface area (TPSA) is 58.2 Å². The van der Waals surface area contributed by atoms with Gasteiger partial charge >= 0.3 is 6.18 Å². The predicted octanol–water partition coefficient (Wildman–Crippen LogP) is 2.92. The first-order chi connectivity index (χ1) is 9.70. The zero-order valence-corrected chi connectivity index (χ0v) is 14.5. The fraction of sp³-hybridized carbons (Fsp3) is 0.500. The Kier molecular flexibility index (Phi) is 6.70. The number of hydrogen-bond acceptors (Lipinski definition) is 3. The molecule has 2 N–H and O–H groups in total. The number of rotatable bonds is 3. The highest BCUT2D eigenvalue weighted by atomic mass is 79.9. The van der Waals surface area contributed by atoms with Crippen molar-refractivity contribution >= 4 is 38.4 Å². The minimum absolute atomic E-state index is 0. The highest BCUT2D eigenvalue weighted by molar-refractivity contribution is 9.10. The molecule has 0 unspecified atom stereocenters. The summed E-state index contributed by atoms with van der Waals surface area (Å²) < 4.78 is 66.0. The predicted molar refractivity (Wildman–Crippen MR) is 82.6 cm³/mol. The van der Waals surface area contributed by atoms with E-state index in [4.69, 9.17) is 0 Å². The van der Waals surface area contributed by atoms with Crippen molar-refractivity contribution in [2.45, 2.75) is 30.0 Å². The molecule has 1 aliphatic rings. The lowest BCUT2D eigenvalue weighted by Crippen LogP contribution is -2.43. The van der Waals surface area contributed by atoms with E-state index in [1.54, 1.807) is 0 Å².